The van der Waals surface area contributed by atoms with Crippen molar-refractivity contribution in [2.75, 3.05) is 32.8 Å². The van der Waals surface area contributed by atoms with Gasteiger partial charge in [0, 0.05) is 37.8 Å². The summed E-state index contributed by atoms with van der Waals surface area (Å²) in [6, 6.07) is 6.42. The fourth-order valence-corrected chi connectivity index (χ4v) is 4.70. The van der Waals surface area contributed by atoms with Crippen molar-refractivity contribution < 1.29 is 17.9 Å². The molecule has 2 atom stereocenters. The summed E-state index contributed by atoms with van der Waals surface area (Å²) in [5, 5.41) is 3.29. The summed E-state index contributed by atoms with van der Waals surface area (Å²) >= 11 is 0. The molecule has 0 aliphatic carbocycles. The lowest BCUT2D eigenvalue weighted by Gasteiger charge is -2.28. The molecule has 2 fully saturated rings. The molecule has 1 aromatic rings. The highest BCUT2D eigenvalue weighted by Gasteiger charge is 2.27. The molecule has 2 aliphatic heterocycles. The summed E-state index contributed by atoms with van der Waals surface area (Å²) in [6.45, 7) is 5.46. The van der Waals surface area contributed by atoms with Gasteiger partial charge in [-0.3, -0.25) is 4.79 Å². The van der Waals surface area contributed by atoms with Crippen molar-refractivity contribution in [2.45, 2.75) is 49.6 Å². The van der Waals surface area contributed by atoms with E-state index in [4.69, 9.17) is 4.74 Å². The molecule has 0 saturated carbocycles. The monoisotopic (exact) mass is 395 g/mol. The molecule has 27 heavy (non-hydrogen) atoms. The van der Waals surface area contributed by atoms with Crippen molar-refractivity contribution in [3.8, 4) is 0 Å². The first-order valence-corrected chi connectivity index (χ1v) is 11.2. The molecule has 2 N–H and O–H groups in total. The van der Waals surface area contributed by atoms with E-state index in [1.807, 2.05) is 4.90 Å². The molecule has 2 heterocycles. The number of nitrogens with zero attached hydrogens (tertiary/aromatic N) is 1. The zero-order chi connectivity index (χ0) is 19.3. The summed E-state index contributed by atoms with van der Waals surface area (Å²) in [4.78, 5) is 15.0. The third-order valence-corrected chi connectivity index (χ3v) is 6.58. The predicted octanol–water partition coefficient (Wildman–Crippen LogP) is 1.36. The standard InChI is InChI=1S/C19H29N3O4S/c1-2-11-22(16-9-10-20-13-16)19(23)15-5-7-18(8-6-15)27(24,25)21-14-17-4-3-12-26-17/h5-8,16-17,20-21H,2-4,9-14H2,1H3. The van der Waals surface area contributed by atoms with E-state index in [1.165, 1.54) is 12.1 Å². The number of amides is 1. The number of nitrogens with one attached hydrogen (secondary N) is 2. The van der Waals surface area contributed by atoms with Crippen LogP contribution in [0.4, 0.5) is 0 Å². The molecule has 7 nitrogen and oxygen atoms in total. The Labute approximate surface area is 161 Å². The molecule has 2 unspecified atom stereocenters. The number of benzene rings is 1. The number of sulfonamides is 1. The van der Waals surface area contributed by atoms with Crippen LogP contribution in [0.3, 0.4) is 0 Å². The first kappa shape index (κ1) is 20.3. The summed E-state index contributed by atoms with van der Waals surface area (Å²) in [5.74, 6) is -0.0400. The van der Waals surface area contributed by atoms with E-state index >= 15 is 0 Å². The van der Waals surface area contributed by atoms with Crippen LogP contribution in [0, 0.1) is 0 Å². The summed E-state index contributed by atoms with van der Waals surface area (Å²) in [6.07, 6.45) is 3.63. The fourth-order valence-electron chi connectivity index (χ4n) is 3.63. The maximum absolute atomic E-state index is 12.9. The minimum Gasteiger partial charge on any atom is -0.377 e. The van der Waals surface area contributed by atoms with Crippen molar-refractivity contribution in [3.63, 3.8) is 0 Å². The number of carbonyl (C=O) groups excluding carboxylic acids is 1. The molecule has 0 radical (unpaired) electrons. The van der Waals surface area contributed by atoms with E-state index in [1.54, 1.807) is 12.1 Å². The lowest BCUT2D eigenvalue weighted by Crippen LogP contribution is -2.42. The van der Waals surface area contributed by atoms with Gasteiger partial charge in [0.15, 0.2) is 0 Å². The van der Waals surface area contributed by atoms with Crippen LogP contribution in [0.5, 0.6) is 0 Å². The normalized spacial score (nSPS) is 22.9. The third-order valence-electron chi connectivity index (χ3n) is 5.14. The third kappa shape index (κ3) is 5.07. The van der Waals surface area contributed by atoms with E-state index in [0.29, 0.717) is 18.7 Å². The zero-order valence-corrected chi connectivity index (χ0v) is 16.6. The average Bonchev–Trinajstić information content (AvgIpc) is 3.38. The number of carbonyl (C=O) groups is 1. The molecule has 2 aliphatic rings. The van der Waals surface area contributed by atoms with Gasteiger partial charge in [-0.25, -0.2) is 13.1 Å². The van der Waals surface area contributed by atoms with E-state index in [0.717, 1.165) is 38.8 Å². The Hall–Kier alpha value is -1.48. The highest BCUT2D eigenvalue weighted by Crippen LogP contribution is 2.17. The van der Waals surface area contributed by atoms with Crippen LogP contribution in [0.15, 0.2) is 29.2 Å². The van der Waals surface area contributed by atoms with Crippen LogP contribution in [-0.2, 0) is 14.8 Å². The van der Waals surface area contributed by atoms with Crippen LogP contribution in [0.2, 0.25) is 0 Å². The Morgan fingerprint density at radius 3 is 2.67 bits per heavy atom. The van der Waals surface area contributed by atoms with Gasteiger partial charge in [0.25, 0.3) is 5.91 Å². The summed E-state index contributed by atoms with van der Waals surface area (Å²) in [5.41, 5.74) is 0.522. The number of hydrogen-bond donors (Lipinski definition) is 2. The fraction of sp³-hybridized carbons (Fsp3) is 0.632. The maximum atomic E-state index is 12.9. The highest BCUT2D eigenvalue weighted by molar-refractivity contribution is 7.89. The second-order valence-corrected chi connectivity index (χ2v) is 8.92. The van der Waals surface area contributed by atoms with Gasteiger partial charge in [-0.2, -0.15) is 0 Å². The molecule has 0 aromatic heterocycles. The average molecular weight is 396 g/mol. The quantitative estimate of drug-likeness (QED) is 0.694. The Morgan fingerprint density at radius 1 is 1.30 bits per heavy atom. The van der Waals surface area contributed by atoms with Gasteiger partial charge < -0.3 is 15.0 Å². The molecule has 150 valence electrons. The van der Waals surface area contributed by atoms with Gasteiger partial charge >= 0.3 is 0 Å². The Kier molecular flexibility index (Phi) is 6.86. The second-order valence-electron chi connectivity index (χ2n) is 7.16. The van der Waals surface area contributed by atoms with Crippen LogP contribution in [0.25, 0.3) is 0 Å². The number of ether oxygens (including phenoxy) is 1. The van der Waals surface area contributed by atoms with Crippen molar-refractivity contribution in [2.24, 2.45) is 0 Å². The number of rotatable bonds is 8. The lowest BCUT2D eigenvalue weighted by molar-refractivity contribution is 0.0692. The molecule has 8 heteroatoms. The molecule has 0 spiro atoms. The van der Waals surface area contributed by atoms with Crippen molar-refractivity contribution >= 4 is 15.9 Å². The van der Waals surface area contributed by atoms with Gasteiger partial charge in [-0.05, 0) is 56.5 Å². The first-order valence-electron chi connectivity index (χ1n) is 9.74. The second kappa shape index (κ2) is 9.14. The largest absolute Gasteiger partial charge is 0.377 e. The Balaban J connectivity index is 1.66. The van der Waals surface area contributed by atoms with E-state index < -0.39 is 10.0 Å². The molecular weight excluding hydrogens is 366 g/mol. The minimum atomic E-state index is -3.60. The van der Waals surface area contributed by atoms with E-state index in [2.05, 4.69) is 17.0 Å². The molecule has 1 amide bonds. The smallest absolute Gasteiger partial charge is 0.254 e. The lowest BCUT2D eigenvalue weighted by atomic mass is 10.1. The van der Waals surface area contributed by atoms with Crippen molar-refractivity contribution in [1.82, 2.24) is 14.9 Å². The van der Waals surface area contributed by atoms with Crippen LogP contribution < -0.4 is 10.0 Å². The zero-order valence-electron chi connectivity index (χ0n) is 15.8. The topological polar surface area (TPSA) is 87.7 Å². The first-order chi connectivity index (χ1) is 13.0. The molecule has 0 bridgehead atoms. The maximum Gasteiger partial charge on any atom is 0.254 e. The summed E-state index contributed by atoms with van der Waals surface area (Å²) < 4.78 is 32.9. The van der Waals surface area contributed by atoms with Gasteiger partial charge in [0.05, 0.1) is 11.0 Å². The summed E-state index contributed by atoms with van der Waals surface area (Å²) in [7, 11) is -3.60. The van der Waals surface area contributed by atoms with Crippen LogP contribution in [-0.4, -0.2) is 64.2 Å². The molecular formula is C19H29N3O4S. The molecule has 2 saturated heterocycles. The van der Waals surface area contributed by atoms with Crippen molar-refractivity contribution in [1.29, 1.82) is 0 Å². The van der Waals surface area contributed by atoms with Gasteiger partial charge in [-0.1, -0.05) is 6.92 Å². The van der Waals surface area contributed by atoms with Gasteiger partial charge in [0.1, 0.15) is 0 Å². The van der Waals surface area contributed by atoms with Crippen LogP contribution >= 0.6 is 0 Å². The Morgan fingerprint density at radius 2 is 2.07 bits per heavy atom. The molecule has 3 rings (SSSR count). The van der Waals surface area contributed by atoms with E-state index in [9.17, 15) is 13.2 Å². The van der Waals surface area contributed by atoms with Gasteiger partial charge in [0.2, 0.25) is 10.0 Å². The minimum absolute atomic E-state index is 0.0400. The van der Waals surface area contributed by atoms with Crippen molar-refractivity contribution in [3.05, 3.63) is 29.8 Å². The molecule has 1 aromatic carbocycles. The Bertz CT molecular complexity index is 724. The van der Waals surface area contributed by atoms with Gasteiger partial charge in [-0.15, -0.1) is 0 Å². The number of hydrogen-bond acceptors (Lipinski definition) is 5. The predicted molar refractivity (Wildman–Crippen MR) is 103 cm³/mol. The van der Waals surface area contributed by atoms with E-state index in [-0.39, 0.29) is 29.5 Å². The highest BCUT2D eigenvalue weighted by atomic mass is 32.2. The van der Waals surface area contributed by atoms with Crippen LogP contribution in [0.1, 0.15) is 43.0 Å². The SMILES string of the molecule is CCCN(C(=O)c1ccc(S(=O)(=O)NCC2CCCO2)cc1)C1CCNC1.